The number of hydrogen-bond donors (Lipinski definition) is 3. The summed E-state index contributed by atoms with van der Waals surface area (Å²) in [5.41, 5.74) is 0.227. The highest BCUT2D eigenvalue weighted by Crippen LogP contribution is 2.12. The van der Waals surface area contributed by atoms with Crippen LogP contribution in [0.2, 0.25) is 0 Å². The normalized spacial score (nSPS) is 13.4. The molecule has 160 valence electrons. The van der Waals surface area contributed by atoms with Gasteiger partial charge in [-0.15, -0.1) is 0 Å². The Morgan fingerprint density at radius 3 is 2.38 bits per heavy atom. The summed E-state index contributed by atoms with van der Waals surface area (Å²) < 4.78 is 10.4. The van der Waals surface area contributed by atoms with Gasteiger partial charge in [0, 0.05) is 18.7 Å². The summed E-state index contributed by atoms with van der Waals surface area (Å²) in [6, 6.07) is 8.89. The molecule has 0 saturated heterocycles. The Bertz CT molecular complexity index is 697. The molecule has 2 atom stereocenters. The van der Waals surface area contributed by atoms with Crippen LogP contribution in [0.15, 0.2) is 42.5 Å². The second-order valence-electron chi connectivity index (χ2n) is 7.61. The number of alkyl carbamates (subject to hydrolysis) is 2. The lowest BCUT2D eigenvalue weighted by atomic mass is 9.97. The molecule has 2 unspecified atom stereocenters. The van der Waals surface area contributed by atoms with Gasteiger partial charge < -0.3 is 25.2 Å². The number of carbonyl (C=O) groups excluding carboxylic acids is 2. The molecule has 0 radical (unpaired) electrons. The van der Waals surface area contributed by atoms with Crippen LogP contribution in [0.25, 0.3) is 0 Å². The summed E-state index contributed by atoms with van der Waals surface area (Å²) in [6.07, 6.45) is 1.68. The Balaban J connectivity index is 2.59. The molecule has 1 aromatic rings. The zero-order chi connectivity index (χ0) is 21.9. The standard InChI is InChI=1S/C21H30N2O6/c1-15(23-20(27)29-21(2,3)4)17(11-8-12-18(24)25)13-22-19(26)28-14-16-9-6-5-7-10-16/h5-10,12,15,17H,11,13-14H2,1-4H3,(H,22,26)(H,23,27)(H,24,25). The summed E-state index contributed by atoms with van der Waals surface area (Å²) in [5, 5.41) is 14.1. The number of carbonyl (C=O) groups is 3. The van der Waals surface area contributed by atoms with E-state index < -0.39 is 23.8 Å². The van der Waals surface area contributed by atoms with Crippen molar-refractivity contribution in [2.45, 2.75) is 52.4 Å². The van der Waals surface area contributed by atoms with Crippen molar-refractivity contribution in [2.75, 3.05) is 6.54 Å². The van der Waals surface area contributed by atoms with Crippen LogP contribution in [0.5, 0.6) is 0 Å². The predicted octanol–water partition coefficient (Wildman–Crippen LogP) is 3.47. The van der Waals surface area contributed by atoms with E-state index in [0.29, 0.717) is 6.42 Å². The minimum Gasteiger partial charge on any atom is -0.478 e. The number of nitrogens with one attached hydrogen (secondary N) is 2. The molecular formula is C21H30N2O6. The second kappa shape index (κ2) is 11.7. The van der Waals surface area contributed by atoms with Gasteiger partial charge in [0.15, 0.2) is 0 Å². The second-order valence-corrected chi connectivity index (χ2v) is 7.61. The van der Waals surface area contributed by atoms with Crippen molar-refractivity contribution in [2.24, 2.45) is 5.92 Å². The van der Waals surface area contributed by atoms with Gasteiger partial charge in [-0.3, -0.25) is 0 Å². The zero-order valence-electron chi connectivity index (χ0n) is 17.3. The summed E-state index contributed by atoms with van der Waals surface area (Å²) in [6.45, 7) is 7.37. The highest BCUT2D eigenvalue weighted by atomic mass is 16.6. The molecule has 0 aromatic heterocycles. The molecule has 8 heteroatoms. The van der Waals surface area contributed by atoms with Crippen molar-refractivity contribution in [3.63, 3.8) is 0 Å². The molecule has 0 aliphatic rings. The third-order valence-electron chi connectivity index (χ3n) is 3.87. The van der Waals surface area contributed by atoms with Gasteiger partial charge in [-0.1, -0.05) is 36.4 Å². The van der Waals surface area contributed by atoms with Crippen LogP contribution in [-0.2, 0) is 20.9 Å². The molecule has 0 fully saturated rings. The smallest absolute Gasteiger partial charge is 0.407 e. The van der Waals surface area contributed by atoms with E-state index in [4.69, 9.17) is 14.6 Å². The van der Waals surface area contributed by atoms with Crippen molar-refractivity contribution in [1.29, 1.82) is 0 Å². The van der Waals surface area contributed by atoms with E-state index in [0.717, 1.165) is 11.6 Å². The van der Waals surface area contributed by atoms with Gasteiger partial charge >= 0.3 is 18.2 Å². The Hall–Kier alpha value is -3.03. The number of allylic oxidation sites excluding steroid dienone is 1. The van der Waals surface area contributed by atoms with Gasteiger partial charge in [0.2, 0.25) is 0 Å². The van der Waals surface area contributed by atoms with Crippen LogP contribution < -0.4 is 10.6 Å². The largest absolute Gasteiger partial charge is 0.478 e. The number of carboxylic acid groups (broad SMARTS) is 1. The van der Waals surface area contributed by atoms with Gasteiger partial charge in [-0.05, 0) is 45.6 Å². The van der Waals surface area contributed by atoms with Crippen molar-refractivity contribution >= 4 is 18.2 Å². The van der Waals surface area contributed by atoms with Crippen LogP contribution in [0.4, 0.5) is 9.59 Å². The lowest BCUT2D eigenvalue weighted by Gasteiger charge is -2.26. The fourth-order valence-corrected chi connectivity index (χ4v) is 2.41. The van der Waals surface area contributed by atoms with Crippen molar-refractivity contribution < 1.29 is 29.0 Å². The molecule has 8 nitrogen and oxygen atoms in total. The maximum absolute atomic E-state index is 12.0. The fourth-order valence-electron chi connectivity index (χ4n) is 2.41. The Kier molecular flexibility index (Phi) is 9.71. The van der Waals surface area contributed by atoms with Crippen LogP contribution in [0.1, 0.15) is 39.7 Å². The topological polar surface area (TPSA) is 114 Å². The number of rotatable bonds is 9. The number of ether oxygens (including phenoxy) is 2. The minimum atomic E-state index is -1.06. The average molecular weight is 406 g/mol. The number of hydrogen-bond acceptors (Lipinski definition) is 5. The first-order chi connectivity index (χ1) is 13.6. The number of carboxylic acids is 1. The van der Waals surface area contributed by atoms with Gasteiger partial charge in [-0.25, -0.2) is 14.4 Å². The summed E-state index contributed by atoms with van der Waals surface area (Å²) in [5.74, 6) is -1.32. The Morgan fingerprint density at radius 1 is 1.14 bits per heavy atom. The molecule has 1 aromatic carbocycles. The molecule has 0 saturated carbocycles. The maximum atomic E-state index is 12.0. The molecule has 0 bridgehead atoms. The molecule has 0 aliphatic carbocycles. The molecule has 0 spiro atoms. The third kappa shape index (κ3) is 11.4. The average Bonchev–Trinajstić information content (AvgIpc) is 2.61. The Morgan fingerprint density at radius 2 is 1.79 bits per heavy atom. The van der Waals surface area contributed by atoms with E-state index in [-0.39, 0.29) is 25.1 Å². The van der Waals surface area contributed by atoms with Crippen molar-refractivity contribution in [3.05, 3.63) is 48.0 Å². The van der Waals surface area contributed by atoms with E-state index in [1.165, 1.54) is 6.08 Å². The molecule has 0 heterocycles. The SMILES string of the molecule is CC(NC(=O)OC(C)(C)C)C(CC=CC(=O)O)CNC(=O)OCc1ccccc1. The monoisotopic (exact) mass is 406 g/mol. The summed E-state index contributed by atoms with van der Waals surface area (Å²) >= 11 is 0. The first-order valence-electron chi connectivity index (χ1n) is 9.40. The van der Waals surface area contributed by atoms with Crippen LogP contribution >= 0.6 is 0 Å². The van der Waals surface area contributed by atoms with Crippen molar-refractivity contribution in [1.82, 2.24) is 10.6 Å². The van der Waals surface area contributed by atoms with Crippen LogP contribution in [-0.4, -0.2) is 41.4 Å². The number of aliphatic carboxylic acids is 1. The first-order valence-corrected chi connectivity index (χ1v) is 9.40. The summed E-state index contributed by atoms with van der Waals surface area (Å²) in [4.78, 5) is 34.7. The van der Waals surface area contributed by atoms with Gasteiger partial charge in [-0.2, -0.15) is 0 Å². The van der Waals surface area contributed by atoms with Crippen molar-refractivity contribution in [3.8, 4) is 0 Å². The highest BCUT2D eigenvalue weighted by Gasteiger charge is 2.23. The molecule has 2 amide bonds. The molecule has 0 aliphatic heterocycles. The third-order valence-corrected chi connectivity index (χ3v) is 3.87. The number of benzene rings is 1. The zero-order valence-corrected chi connectivity index (χ0v) is 17.3. The summed E-state index contributed by atoms with van der Waals surface area (Å²) in [7, 11) is 0. The number of amides is 2. The van der Waals surface area contributed by atoms with Gasteiger partial charge in [0.1, 0.15) is 12.2 Å². The first kappa shape index (κ1) is 24.0. The molecular weight excluding hydrogens is 376 g/mol. The Labute approximate surface area is 171 Å². The van der Waals surface area contributed by atoms with Crippen LogP contribution in [0.3, 0.4) is 0 Å². The van der Waals surface area contributed by atoms with Gasteiger partial charge in [0.25, 0.3) is 0 Å². The van der Waals surface area contributed by atoms with Crippen LogP contribution in [0, 0.1) is 5.92 Å². The predicted molar refractivity (Wildman–Crippen MR) is 108 cm³/mol. The van der Waals surface area contributed by atoms with E-state index >= 15 is 0 Å². The maximum Gasteiger partial charge on any atom is 0.407 e. The van der Waals surface area contributed by atoms with E-state index in [2.05, 4.69) is 10.6 Å². The molecule has 1 rings (SSSR count). The quantitative estimate of drug-likeness (QED) is 0.541. The lowest BCUT2D eigenvalue weighted by Crippen LogP contribution is -2.44. The molecule has 29 heavy (non-hydrogen) atoms. The van der Waals surface area contributed by atoms with E-state index in [1.54, 1.807) is 27.7 Å². The van der Waals surface area contributed by atoms with E-state index in [9.17, 15) is 14.4 Å². The highest BCUT2D eigenvalue weighted by molar-refractivity contribution is 5.79. The fraction of sp³-hybridized carbons (Fsp3) is 0.476. The minimum absolute atomic E-state index is 0.141. The lowest BCUT2D eigenvalue weighted by molar-refractivity contribution is -0.131. The molecule has 3 N–H and O–H groups in total. The van der Waals surface area contributed by atoms with E-state index in [1.807, 2.05) is 30.3 Å². The van der Waals surface area contributed by atoms with Gasteiger partial charge in [0.05, 0.1) is 0 Å².